The van der Waals surface area contributed by atoms with E-state index in [-0.39, 0.29) is 28.0 Å². The van der Waals surface area contributed by atoms with Crippen LogP contribution in [0.1, 0.15) is 67.0 Å². The molecule has 4 heteroatoms. The van der Waals surface area contributed by atoms with Crippen molar-refractivity contribution in [3.05, 3.63) is 80.4 Å². The van der Waals surface area contributed by atoms with Gasteiger partial charge in [-0.25, -0.2) is 0 Å². The molecule has 4 nitrogen and oxygen atoms in total. The molecule has 4 rings (SSSR count). The largest absolute Gasteiger partial charge is 0.372 e. The molecule has 0 saturated heterocycles. The normalized spacial score (nSPS) is 23.1. The van der Waals surface area contributed by atoms with Gasteiger partial charge in [0.25, 0.3) is 5.69 Å². The van der Waals surface area contributed by atoms with E-state index in [9.17, 15) is 10.1 Å². The molecule has 0 bridgehead atoms. The average molecular weight is 377 g/mol. The fourth-order valence-electron chi connectivity index (χ4n) is 4.74. The van der Waals surface area contributed by atoms with Gasteiger partial charge in [-0.1, -0.05) is 57.2 Å². The molecule has 0 amide bonds. The number of allylic oxidation sites excluding steroid dienone is 2. The molecule has 0 saturated carbocycles. The van der Waals surface area contributed by atoms with Crippen LogP contribution in [0.5, 0.6) is 0 Å². The van der Waals surface area contributed by atoms with Crippen LogP contribution in [-0.4, -0.2) is 4.92 Å². The number of nitro groups is 1. The van der Waals surface area contributed by atoms with Gasteiger partial charge in [0.1, 0.15) is 5.69 Å². The van der Waals surface area contributed by atoms with Crippen molar-refractivity contribution >= 4 is 11.4 Å². The summed E-state index contributed by atoms with van der Waals surface area (Å²) in [6.45, 7) is 10.7. The number of nitrogens with zero attached hydrogens (tertiary/aromatic N) is 1. The summed E-state index contributed by atoms with van der Waals surface area (Å²) in [6, 6.07) is 10.5. The molecule has 2 aliphatic rings. The van der Waals surface area contributed by atoms with Crippen LogP contribution in [0.25, 0.3) is 0 Å². The van der Waals surface area contributed by atoms with Crippen LogP contribution < -0.4 is 5.32 Å². The summed E-state index contributed by atoms with van der Waals surface area (Å²) in [5, 5.41) is 15.4. The smallest absolute Gasteiger partial charge is 0.292 e. The quantitative estimate of drug-likeness (QED) is 0.378. The van der Waals surface area contributed by atoms with Crippen molar-refractivity contribution < 1.29 is 4.92 Å². The van der Waals surface area contributed by atoms with Gasteiger partial charge >= 0.3 is 0 Å². The van der Waals surface area contributed by atoms with E-state index in [2.05, 4.69) is 69.4 Å². The minimum absolute atomic E-state index is 0.0716. The topological polar surface area (TPSA) is 55.2 Å². The Morgan fingerprint density at radius 3 is 2.43 bits per heavy atom. The molecule has 1 heterocycles. The Morgan fingerprint density at radius 2 is 1.82 bits per heavy atom. The van der Waals surface area contributed by atoms with Crippen molar-refractivity contribution in [1.29, 1.82) is 0 Å². The number of fused-ring (bicyclic) bond motifs is 3. The first-order chi connectivity index (χ1) is 13.2. The summed E-state index contributed by atoms with van der Waals surface area (Å²) in [5.74, 6) is 0.607. The van der Waals surface area contributed by atoms with Crippen molar-refractivity contribution in [1.82, 2.24) is 0 Å². The summed E-state index contributed by atoms with van der Waals surface area (Å²) in [6.07, 6.45) is 5.47. The van der Waals surface area contributed by atoms with Gasteiger partial charge < -0.3 is 5.32 Å². The molecule has 146 valence electrons. The van der Waals surface area contributed by atoms with Crippen LogP contribution in [0.2, 0.25) is 0 Å². The SMILES string of the molecule is Cc1cc([N+](=O)[O-])c2c(c1C)[C@@H]1C=CC[C@@H]1[C@H](c1ccc(C(C)(C)C)cc1)N2. The number of anilines is 1. The minimum Gasteiger partial charge on any atom is -0.372 e. The first kappa shape index (κ1) is 18.7. The summed E-state index contributed by atoms with van der Waals surface area (Å²) in [4.78, 5) is 11.5. The van der Waals surface area contributed by atoms with Gasteiger partial charge in [-0.15, -0.1) is 0 Å². The van der Waals surface area contributed by atoms with E-state index in [4.69, 9.17) is 0 Å². The fraction of sp³-hybridized carbons (Fsp3) is 0.417. The van der Waals surface area contributed by atoms with Gasteiger partial charge in [-0.3, -0.25) is 10.1 Å². The maximum atomic E-state index is 11.8. The summed E-state index contributed by atoms with van der Waals surface area (Å²) >= 11 is 0. The third-order valence-corrected chi connectivity index (χ3v) is 6.48. The fourth-order valence-corrected chi connectivity index (χ4v) is 4.74. The first-order valence-electron chi connectivity index (χ1n) is 10.0. The standard InChI is InChI=1S/C24H28N2O2/c1-14-13-20(26(27)28)23-21(15(14)2)18-7-6-8-19(18)22(25-23)16-9-11-17(12-10-16)24(3,4)5/h6-7,9-13,18-19,22,25H,8H2,1-5H3/t18-,19+,22+/m1/s1. The molecular formula is C24H28N2O2. The number of nitrogens with one attached hydrogen (secondary N) is 1. The van der Waals surface area contributed by atoms with Crippen molar-refractivity contribution in [2.45, 2.75) is 58.4 Å². The summed E-state index contributed by atoms with van der Waals surface area (Å²) in [7, 11) is 0. The number of aryl methyl sites for hydroxylation is 1. The van der Waals surface area contributed by atoms with Crippen molar-refractivity contribution in [2.24, 2.45) is 5.92 Å². The molecule has 1 N–H and O–H groups in total. The minimum atomic E-state index is -0.253. The van der Waals surface area contributed by atoms with E-state index in [1.165, 1.54) is 11.1 Å². The number of hydrogen-bond donors (Lipinski definition) is 1. The van der Waals surface area contributed by atoms with Gasteiger partial charge in [-0.05, 0) is 59.4 Å². The molecule has 1 aliphatic heterocycles. The zero-order valence-corrected chi connectivity index (χ0v) is 17.2. The Balaban J connectivity index is 1.82. The third-order valence-electron chi connectivity index (χ3n) is 6.48. The molecule has 28 heavy (non-hydrogen) atoms. The molecule has 3 atom stereocenters. The van der Waals surface area contributed by atoms with E-state index in [0.717, 1.165) is 23.1 Å². The van der Waals surface area contributed by atoms with Crippen molar-refractivity contribution in [3.8, 4) is 0 Å². The van der Waals surface area contributed by atoms with E-state index in [0.29, 0.717) is 11.6 Å². The first-order valence-corrected chi connectivity index (χ1v) is 10.0. The Kier molecular flexibility index (Phi) is 4.33. The second-order valence-electron chi connectivity index (χ2n) is 9.23. The highest BCUT2D eigenvalue weighted by Crippen LogP contribution is 2.53. The molecule has 0 aromatic heterocycles. The van der Waals surface area contributed by atoms with E-state index in [1.54, 1.807) is 6.07 Å². The van der Waals surface area contributed by atoms with Crippen molar-refractivity contribution in [2.75, 3.05) is 5.32 Å². The zero-order valence-electron chi connectivity index (χ0n) is 17.2. The number of nitro benzene ring substituents is 1. The molecule has 0 radical (unpaired) electrons. The highest BCUT2D eigenvalue weighted by atomic mass is 16.6. The van der Waals surface area contributed by atoms with Gasteiger partial charge in [0, 0.05) is 12.0 Å². The molecular weight excluding hydrogens is 348 g/mol. The number of rotatable bonds is 2. The summed E-state index contributed by atoms with van der Waals surface area (Å²) in [5.41, 5.74) is 6.74. The van der Waals surface area contributed by atoms with Gasteiger partial charge in [0.05, 0.1) is 11.0 Å². The predicted molar refractivity (Wildman–Crippen MR) is 114 cm³/mol. The lowest BCUT2D eigenvalue weighted by Crippen LogP contribution is -2.30. The lowest BCUT2D eigenvalue weighted by Gasteiger charge is -2.38. The second kappa shape index (κ2) is 6.47. The molecule has 0 unspecified atom stereocenters. The highest BCUT2D eigenvalue weighted by Gasteiger charge is 2.41. The molecule has 1 aliphatic carbocycles. The lowest BCUT2D eigenvalue weighted by atomic mass is 9.74. The van der Waals surface area contributed by atoms with E-state index in [1.807, 2.05) is 6.92 Å². The maximum Gasteiger partial charge on any atom is 0.292 e. The van der Waals surface area contributed by atoms with Crippen LogP contribution in [0.15, 0.2) is 42.5 Å². The van der Waals surface area contributed by atoms with Gasteiger partial charge in [-0.2, -0.15) is 0 Å². The number of hydrogen-bond acceptors (Lipinski definition) is 3. The Bertz CT molecular complexity index is 968. The molecule has 0 spiro atoms. The second-order valence-corrected chi connectivity index (χ2v) is 9.23. The predicted octanol–water partition coefficient (Wildman–Crippen LogP) is 6.34. The maximum absolute atomic E-state index is 11.8. The van der Waals surface area contributed by atoms with E-state index < -0.39 is 0 Å². The van der Waals surface area contributed by atoms with Crippen LogP contribution in [0, 0.1) is 29.9 Å². The van der Waals surface area contributed by atoms with Crippen LogP contribution in [-0.2, 0) is 5.41 Å². The monoisotopic (exact) mass is 376 g/mol. The molecule has 0 fully saturated rings. The molecule has 2 aromatic rings. The van der Waals surface area contributed by atoms with Crippen molar-refractivity contribution in [3.63, 3.8) is 0 Å². The Hall–Kier alpha value is -2.62. The third kappa shape index (κ3) is 2.92. The number of benzene rings is 2. The van der Waals surface area contributed by atoms with Crippen LogP contribution in [0.3, 0.4) is 0 Å². The zero-order chi connectivity index (χ0) is 20.2. The van der Waals surface area contributed by atoms with Crippen LogP contribution in [0.4, 0.5) is 11.4 Å². The van der Waals surface area contributed by atoms with E-state index >= 15 is 0 Å². The van der Waals surface area contributed by atoms with Crippen LogP contribution >= 0.6 is 0 Å². The average Bonchev–Trinajstić information content (AvgIpc) is 3.12. The lowest BCUT2D eigenvalue weighted by molar-refractivity contribution is -0.384. The Labute approximate surface area is 166 Å². The molecule has 2 aromatic carbocycles. The van der Waals surface area contributed by atoms with Gasteiger partial charge in [0.2, 0.25) is 0 Å². The summed E-state index contributed by atoms with van der Waals surface area (Å²) < 4.78 is 0. The van der Waals surface area contributed by atoms with Gasteiger partial charge in [0.15, 0.2) is 0 Å². The Morgan fingerprint density at radius 1 is 1.14 bits per heavy atom. The highest BCUT2D eigenvalue weighted by molar-refractivity contribution is 5.74.